The van der Waals surface area contributed by atoms with Crippen LogP contribution in [0.25, 0.3) is 0 Å². The topological polar surface area (TPSA) is 4.93 Å². The first-order chi connectivity index (χ1) is 7.46. The molecule has 1 aromatic heterocycles. The van der Waals surface area contributed by atoms with Gasteiger partial charge in [-0.2, -0.15) is 13.2 Å². The molecule has 0 unspecified atom stereocenters. The molecule has 0 N–H and O–H groups in total. The van der Waals surface area contributed by atoms with Crippen LogP contribution in [0.1, 0.15) is 57.5 Å². The summed E-state index contributed by atoms with van der Waals surface area (Å²) in [6.07, 6.45) is -4.29. The molecule has 0 aromatic carbocycles. The van der Waals surface area contributed by atoms with Crippen molar-refractivity contribution in [2.24, 2.45) is 7.05 Å². The largest absolute Gasteiger partial charge is 0.431 e. The quantitative estimate of drug-likeness (QED) is 0.690. The maximum Gasteiger partial charge on any atom is 0.431 e. The standard InChI is InChI=1S/C13H20F3N/c1-8(2)9-7-10(13(14,15)16)17(6)11(9)12(3,4)5/h7-8H,1-6H3. The average Bonchev–Trinajstić information content (AvgIpc) is 2.40. The molecule has 0 aliphatic carbocycles. The van der Waals surface area contributed by atoms with Gasteiger partial charge in [0.1, 0.15) is 5.69 Å². The molecule has 0 aliphatic rings. The van der Waals surface area contributed by atoms with Crippen molar-refractivity contribution in [3.8, 4) is 0 Å². The summed E-state index contributed by atoms with van der Waals surface area (Å²) in [5.74, 6) is 0.0894. The van der Waals surface area contributed by atoms with Crippen molar-refractivity contribution in [3.05, 3.63) is 23.0 Å². The minimum absolute atomic E-state index is 0.0894. The van der Waals surface area contributed by atoms with Gasteiger partial charge in [-0.1, -0.05) is 34.6 Å². The van der Waals surface area contributed by atoms with Crippen LogP contribution in [0.2, 0.25) is 0 Å². The number of alkyl halides is 3. The van der Waals surface area contributed by atoms with Gasteiger partial charge >= 0.3 is 6.18 Å². The highest BCUT2D eigenvalue weighted by atomic mass is 19.4. The zero-order valence-corrected chi connectivity index (χ0v) is 11.2. The van der Waals surface area contributed by atoms with Crippen molar-refractivity contribution in [1.29, 1.82) is 0 Å². The Morgan fingerprint density at radius 2 is 1.59 bits per heavy atom. The van der Waals surface area contributed by atoms with Gasteiger partial charge in [0.15, 0.2) is 0 Å². The van der Waals surface area contributed by atoms with Crippen LogP contribution in [-0.4, -0.2) is 4.57 Å². The second kappa shape index (κ2) is 4.07. The molecule has 17 heavy (non-hydrogen) atoms. The molecule has 0 fully saturated rings. The van der Waals surface area contributed by atoms with E-state index in [2.05, 4.69) is 0 Å². The minimum Gasteiger partial charge on any atom is -0.343 e. The van der Waals surface area contributed by atoms with Crippen LogP contribution in [0.4, 0.5) is 13.2 Å². The summed E-state index contributed by atoms with van der Waals surface area (Å²) in [5.41, 5.74) is 0.691. The Bertz CT molecular complexity index is 406. The summed E-state index contributed by atoms with van der Waals surface area (Å²) < 4.78 is 39.9. The lowest BCUT2D eigenvalue weighted by atomic mass is 9.86. The average molecular weight is 247 g/mol. The van der Waals surface area contributed by atoms with Gasteiger partial charge in [0, 0.05) is 18.2 Å². The fourth-order valence-electron chi connectivity index (χ4n) is 2.27. The van der Waals surface area contributed by atoms with E-state index in [0.29, 0.717) is 0 Å². The Morgan fingerprint density at radius 3 is 1.82 bits per heavy atom. The summed E-state index contributed by atoms with van der Waals surface area (Å²) in [7, 11) is 1.50. The number of aromatic nitrogens is 1. The fourth-order valence-corrected chi connectivity index (χ4v) is 2.27. The van der Waals surface area contributed by atoms with Crippen molar-refractivity contribution >= 4 is 0 Å². The number of halogens is 3. The monoisotopic (exact) mass is 247 g/mol. The molecule has 0 amide bonds. The van der Waals surface area contributed by atoms with Crippen LogP contribution in [0, 0.1) is 0 Å². The normalized spacial score (nSPS) is 13.5. The molecule has 0 bridgehead atoms. The van der Waals surface area contributed by atoms with E-state index < -0.39 is 11.9 Å². The molecule has 0 radical (unpaired) electrons. The molecule has 1 rings (SSSR count). The van der Waals surface area contributed by atoms with Crippen LogP contribution in [0.15, 0.2) is 6.07 Å². The third-order valence-corrected chi connectivity index (χ3v) is 2.89. The molecule has 1 nitrogen and oxygen atoms in total. The molecule has 0 spiro atoms. The van der Waals surface area contributed by atoms with Gasteiger partial charge in [-0.3, -0.25) is 0 Å². The fraction of sp³-hybridized carbons (Fsp3) is 0.692. The Balaban J connectivity index is 3.53. The van der Waals surface area contributed by atoms with E-state index in [1.807, 2.05) is 34.6 Å². The highest BCUT2D eigenvalue weighted by Crippen LogP contribution is 2.38. The van der Waals surface area contributed by atoms with Crippen molar-refractivity contribution in [2.75, 3.05) is 0 Å². The molecule has 1 heterocycles. The lowest BCUT2D eigenvalue weighted by molar-refractivity contribution is -0.143. The van der Waals surface area contributed by atoms with E-state index in [4.69, 9.17) is 0 Å². The molecule has 0 saturated heterocycles. The zero-order valence-electron chi connectivity index (χ0n) is 11.2. The summed E-state index contributed by atoms with van der Waals surface area (Å²) in [5, 5.41) is 0. The highest BCUT2D eigenvalue weighted by molar-refractivity contribution is 5.36. The first kappa shape index (κ1) is 14.1. The molecular weight excluding hydrogens is 227 g/mol. The van der Waals surface area contributed by atoms with E-state index in [9.17, 15) is 13.2 Å². The predicted molar refractivity (Wildman–Crippen MR) is 63.2 cm³/mol. The highest BCUT2D eigenvalue weighted by Gasteiger charge is 2.37. The van der Waals surface area contributed by atoms with Crippen molar-refractivity contribution in [3.63, 3.8) is 0 Å². The van der Waals surface area contributed by atoms with Gasteiger partial charge < -0.3 is 4.57 Å². The van der Waals surface area contributed by atoms with Gasteiger partial charge in [-0.25, -0.2) is 0 Å². The molecule has 98 valence electrons. The van der Waals surface area contributed by atoms with E-state index in [1.54, 1.807) is 0 Å². The summed E-state index contributed by atoms with van der Waals surface area (Å²) in [6.45, 7) is 9.66. The Kier molecular flexibility index (Phi) is 3.38. The number of nitrogens with zero attached hydrogens (tertiary/aromatic N) is 1. The Hall–Kier alpha value is -0.930. The lowest BCUT2D eigenvalue weighted by Gasteiger charge is -2.24. The van der Waals surface area contributed by atoms with Crippen LogP contribution in [-0.2, 0) is 18.6 Å². The number of hydrogen-bond donors (Lipinski definition) is 0. The lowest BCUT2D eigenvalue weighted by Crippen LogP contribution is -2.21. The molecule has 0 atom stereocenters. The summed E-state index contributed by atoms with van der Waals surface area (Å²) in [4.78, 5) is 0. The first-order valence-corrected chi connectivity index (χ1v) is 5.73. The van der Waals surface area contributed by atoms with Gasteiger partial charge in [-0.15, -0.1) is 0 Å². The van der Waals surface area contributed by atoms with E-state index in [0.717, 1.165) is 11.3 Å². The van der Waals surface area contributed by atoms with Gasteiger partial charge in [-0.05, 0) is 17.5 Å². The van der Waals surface area contributed by atoms with Crippen molar-refractivity contribution in [2.45, 2.75) is 52.1 Å². The Labute approximate surface area is 101 Å². The minimum atomic E-state index is -4.29. The second-order valence-corrected chi connectivity index (χ2v) is 5.80. The summed E-state index contributed by atoms with van der Waals surface area (Å²) in [6, 6.07) is 1.28. The van der Waals surface area contributed by atoms with Gasteiger partial charge in [0.2, 0.25) is 0 Å². The molecule has 4 heteroatoms. The van der Waals surface area contributed by atoms with E-state index >= 15 is 0 Å². The van der Waals surface area contributed by atoms with E-state index in [1.165, 1.54) is 17.7 Å². The van der Waals surface area contributed by atoms with Crippen LogP contribution < -0.4 is 0 Å². The van der Waals surface area contributed by atoms with Gasteiger partial charge in [0.05, 0.1) is 0 Å². The molecule has 0 saturated carbocycles. The third-order valence-electron chi connectivity index (χ3n) is 2.89. The van der Waals surface area contributed by atoms with Gasteiger partial charge in [0.25, 0.3) is 0 Å². The van der Waals surface area contributed by atoms with Crippen LogP contribution >= 0.6 is 0 Å². The van der Waals surface area contributed by atoms with E-state index in [-0.39, 0.29) is 11.3 Å². The van der Waals surface area contributed by atoms with Crippen LogP contribution in [0.5, 0.6) is 0 Å². The maximum absolute atomic E-state index is 12.9. The first-order valence-electron chi connectivity index (χ1n) is 5.73. The smallest absolute Gasteiger partial charge is 0.343 e. The third kappa shape index (κ3) is 2.67. The predicted octanol–water partition coefficient (Wildman–Crippen LogP) is 4.46. The molecule has 1 aromatic rings. The Morgan fingerprint density at radius 1 is 1.12 bits per heavy atom. The van der Waals surface area contributed by atoms with Crippen molar-refractivity contribution in [1.82, 2.24) is 4.57 Å². The zero-order chi connectivity index (χ0) is 13.6. The van der Waals surface area contributed by atoms with Crippen LogP contribution in [0.3, 0.4) is 0 Å². The SMILES string of the molecule is CC(C)c1cc(C(F)(F)F)n(C)c1C(C)(C)C. The van der Waals surface area contributed by atoms with Crippen molar-refractivity contribution < 1.29 is 13.2 Å². The molecule has 0 aliphatic heterocycles. The second-order valence-electron chi connectivity index (χ2n) is 5.80. The summed E-state index contributed by atoms with van der Waals surface area (Å²) >= 11 is 0. The number of rotatable bonds is 1. The molecular formula is C13H20F3N. The maximum atomic E-state index is 12.9. The number of hydrogen-bond acceptors (Lipinski definition) is 0.